The normalized spacial score (nSPS) is 39.3. The van der Waals surface area contributed by atoms with Crippen LogP contribution in [0, 0.1) is 16.7 Å². The Kier molecular flexibility index (Phi) is 4.87. The van der Waals surface area contributed by atoms with Gasteiger partial charge in [-0.3, -0.25) is 0 Å². The lowest BCUT2D eigenvalue weighted by Crippen LogP contribution is -2.41. The Hall–Kier alpha value is -0.120. The van der Waals surface area contributed by atoms with Gasteiger partial charge in [-0.15, -0.1) is 0 Å². The molecule has 2 bridgehead atoms. The van der Waals surface area contributed by atoms with Crippen molar-refractivity contribution in [2.45, 2.75) is 90.4 Å². The van der Waals surface area contributed by atoms with Crippen LogP contribution in [0.25, 0.3) is 0 Å². The molecule has 0 amide bonds. The summed E-state index contributed by atoms with van der Waals surface area (Å²) in [5.74, 6) is 0.806. The molecule has 3 saturated carbocycles. The van der Waals surface area contributed by atoms with Crippen LogP contribution < -0.4 is 5.32 Å². The van der Waals surface area contributed by atoms with Crippen LogP contribution in [-0.4, -0.2) is 36.5 Å². The Morgan fingerprint density at radius 2 is 1.86 bits per heavy atom. The highest BCUT2D eigenvalue weighted by atomic mass is 16.5. The van der Waals surface area contributed by atoms with Crippen molar-refractivity contribution in [2.24, 2.45) is 16.7 Å². The van der Waals surface area contributed by atoms with Crippen LogP contribution >= 0.6 is 0 Å². The van der Waals surface area contributed by atoms with Crippen LogP contribution in [0.1, 0.15) is 72.1 Å². The summed E-state index contributed by atoms with van der Waals surface area (Å²) in [5, 5.41) is 13.8. The highest BCUT2D eigenvalue weighted by molar-refractivity contribution is 5.11. The molecule has 0 saturated heterocycles. The van der Waals surface area contributed by atoms with E-state index in [2.05, 4.69) is 26.1 Å². The summed E-state index contributed by atoms with van der Waals surface area (Å²) >= 11 is 0. The Balaban J connectivity index is 1.41. The van der Waals surface area contributed by atoms with Crippen molar-refractivity contribution >= 4 is 0 Å². The summed E-state index contributed by atoms with van der Waals surface area (Å²) in [6, 6.07) is 0.613. The largest absolute Gasteiger partial charge is 0.389 e. The van der Waals surface area contributed by atoms with Gasteiger partial charge >= 0.3 is 0 Å². The molecule has 0 aliphatic heterocycles. The molecule has 0 aromatic rings. The minimum absolute atomic E-state index is 0.300. The minimum atomic E-state index is -0.368. The van der Waals surface area contributed by atoms with Gasteiger partial charge in [0.15, 0.2) is 0 Å². The topological polar surface area (TPSA) is 41.5 Å². The highest BCUT2D eigenvalue weighted by Gasteiger charge is 2.61. The molecule has 3 aliphatic rings. The number of nitrogens with one attached hydrogen (secondary N) is 1. The van der Waals surface area contributed by atoms with Crippen LogP contribution in [0.2, 0.25) is 0 Å². The number of aliphatic hydroxyl groups excluding tert-OH is 1. The predicted molar refractivity (Wildman–Crippen MR) is 89.9 cm³/mol. The third kappa shape index (κ3) is 2.97. The Morgan fingerprint density at radius 3 is 2.45 bits per heavy atom. The van der Waals surface area contributed by atoms with E-state index in [1.165, 1.54) is 51.4 Å². The van der Waals surface area contributed by atoms with Gasteiger partial charge in [-0.25, -0.2) is 0 Å². The Morgan fingerprint density at radius 1 is 1.14 bits per heavy atom. The first-order chi connectivity index (χ1) is 10.4. The highest BCUT2D eigenvalue weighted by Crippen LogP contribution is 2.66. The van der Waals surface area contributed by atoms with Crippen molar-refractivity contribution < 1.29 is 9.84 Å². The van der Waals surface area contributed by atoms with Gasteiger partial charge < -0.3 is 15.2 Å². The van der Waals surface area contributed by atoms with Gasteiger partial charge in [0, 0.05) is 12.6 Å². The monoisotopic (exact) mass is 309 g/mol. The minimum Gasteiger partial charge on any atom is -0.389 e. The molecule has 3 aliphatic carbocycles. The molecule has 0 aromatic carbocycles. The second-order valence-electron chi connectivity index (χ2n) is 8.83. The van der Waals surface area contributed by atoms with Crippen molar-refractivity contribution in [1.82, 2.24) is 5.32 Å². The second kappa shape index (κ2) is 6.41. The number of hydrogen-bond acceptors (Lipinski definition) is 3. The quantitative estimate of drug-likeness (QED) is 0.789. The van der Waals surface area contributed by atoms with Gasteiger partial charge in [-0.2, -0.15) is 0 Å². The van der Waals surface area contributed by atoms with Crippen LogP contribution in [0.4, 0.5) is 0 Å². The molecule has 22 heavy (non-hydrogen) atoms. The molecule has 0 aromatic heterocycles. The van der Waals surface area contributed by atoms with Crippen molar-refractivity contribution in [1.29, 1.82) is 0 Å². The van der Waals surface area contributed by atoms with Crippen molar-refractivity contribution in [3.8, 4) is 0 Å². The molecular formula is C19H35NO2. The molecule has 3 heteroatoms. The smallest absolute Gasteiger partial charge is 0.0897 e. The van der Waals surface area contributed by atoms with Gasteiger partial charge in [-0.1, -0.05) is 40.0 Å². The first-order valence-corrected chi connectivity index (χ1v) is 9.46. The molecule has 4 unspecified atom stereocenters. The van der Waals surface area contributed by atoms with Crippen molar-refractivity contribution in [3.63, 3.8) is 0 Å². The second-order valence-corrected chi connectivity index (χ2v) is 8.83. The average molecular weight is 309 g/mol. The van der Waals surface area contributed by atoms with Gasteiger partial charge in [0.05, 0.1) is 18.8 Å². The Labute approximate surface area is 136 Å². The van der Waals surface area contributed by atoms with E-state index in [1.54, 1.807) is 0 Å². The molecule has 3 fully saturated rings. The van der Waals surface area contributed by atoms with Crippen LogP contribution in [0.15, 0.2) is 0 Å². The first-order valence-electron chi connectivity index (χ1n) is 9.46. The van der Waals surface area contributed by atoms with Crippen molar-refractivity contribution in [2.75, 3.05) is 13.2 Å². The van der Waals surface area contributed by atoms with Crippen LogP contribution in [-0.2, 0) is 4.74 Å². The maximum absolute atomic E-state index is 10.2. The van der Waals surface area contributed by atoms with E-state index in [4.69, 9.17) is 4.74 Å². The number of fused-ring (bicyclic) bond motifs is 2. The molecule has 3 rings (SSSR count). The summed E-state index contributed by atoms with van der Waals surface area (Å²) in [5.41, 5.74) is 0.692. The zero-order valence-electron chi connectivity index (χ0n) is 14.7. The SMILES string of the molecule is CC1(C)C2CCC1(C)C(OCC(O)CNC1CCCCC1)C2. The summed E-state index contributed by atoms with van der Waals surface area (Å²) in [4.78, 5) is 0. The van der Waals surface area contributed by atoms with E-state index in [-0.39, 0.29) is 6.10 Å². The fraction of sp³-hybridized carbons (Fsp3) is 1.00. The lowest BCUT2D eigenvalue weighted by Gasteiger charge is -2.39. The maximum atomic E-state index is 10.2. The van der Waals surface area contributed by atoms with E-state index in [1.807, 2.05) is 0 Å². The number of hydrogen-bond donors (Lipinski definition) is 2. The fourth-order valence-corrected chi connectivity index (χ4v) is 5.28. The lowest BCUT2D eigenvalue weighted by molar-refractivity contribution is -0.0745. The van der Waals surface area contributed by atoms with Gasteiger partial charge in [0.2, 0.25) is 0 Å². The number of ether oxygens (including phenoxy) is 1. The third-order valence-corrected chi connectivity index (χ3v) is 7.45. The van der Waals surface area contributed by atoms with Crippen molar-refractivity contribution in [3.05, 3.63) is 0 Å². The van der Waals surface area contributed by atoms with E-state index < -0.39 is 0 Å². The van der Waals surface area contributed by atoms with Gasteiger partial charge in [0.25, 0.3) is 0 Å². The predicted octanol–water partition coefficient (Wildman–Crippen LogP) is 3.50. The van der Waals surface area contributed by atoms with E-state index in [9.17, 15) is 5.11 Å². The standard InChI is InChI=1S/C19H35NO2/c1-18(2)14-9-10-19(18,3)17(11-14)22-13-16(21)12-20-15-7-5-4-6-8-15/h14-17,20-21H,4-13H2,1-3H3. The number of rotatable bonds is 6. The maximum Gasteiger partial charge on any atom is 0.0897 e. The van der Waals surface area contributed by atoms with Gasteiger partial charge in [0.1, 0.15) is 0 Å². The molecule has 2 N–H and O–H groups in total. The molecule has 4 atom stereocenters. The third-order valence-electron chi connectivity index (χ3n) is 7.45. The summed E-state index contributed by atoms with van der Waals surface area (Å²) in [6.07, 6.45) is 10.4. The average Bonchev–Trinajstić information content (AvgIpc) is 2.85. The van der Waals surface area contributed by atoms with Gasteiger partial charge in [-0.05, 0) is 48.9 Å². The lowest BCUT2D eigenvalue weighted by atomic mass is 9.70. The van der Waals surface area contributed by atoms with E-state index in [0.29, 0.717) is 36.1 Å². The molecule has 3 nitrogen and oxygen atoms in total. The van der Waals surface area contributed by atoms with Crippen LogP contribution in [0.3, 0.4) is 0 Å². The Bertz CT molecular complexity index is 378. The number of aliphatic hydroxyl groups is 1. The summed E-state index contributed by atoms with van der Waals surface area (Å²) < 4.78 is 6.19. The van der Waals surface area contributed by atoms with E-state index >= 15 is 0 Å². The first kappa shape index (κ1) is 16.7. The summed E-state index contributed by atoms with van der Waals surface area (Å²) in [7, 11) is 0. The molecule has 0 heterocycles. The zero-order chi connectivity index (χ0) is 15.8. The zero-order valence-corrected chi connectivity index (χ0v) is 14.7. The molecule has 0 radical (unpaired) electrons. The molecular weight excluding hydrogens is 274 g/mol. The fourth-order valence-electron chi connectivity index (χ4n) is 5.28. The molecule has 128 valence electrons. The molecule has 0 spiro atoms. The summed E-state index contributed by atoms with van der Waals surface area (Å²) in [6.45, 7) is 8.39. The van der Waals surface area contributed by atoms with Crippen LogP contribution in [0.5, 0.6) is 0 Å². The van der Waals surface area contributed by atoms with E-state index in [0.717, 1.165) is 5.92 Å².